The maximum absolute atomic E-state index is 5.94. The summed E-state index contributed by atoms with van der Waals surface area (Å²) in [4.78, 5) is 0. The molecule has 1 aromatic carbocycles. The van der Waals surface area contributed by atoms with Crippen LogP contribution in [0.15, 0.2) is 18.2 Å². The number of hydrogen-bond donors (Lipinski definition) is 2. The van der Waals surface area contributed by atoms with Gasteiger partial charge in [0.05, 0.1) is 5.52 Å². The first-order valence-corrected chi connectivity index (χ1v) is 4.96. The first-order valence-electron chi connectivity index (χ1n) is 4.58. The second-order valence-corrected chi connectivity index (χ2v) is 3.62. The molecule has 0 saturated carbocycles. The standard InChI is InChI=1S/C10H12ClN3/c1-12-5-4-7-2-3-9-8(6-7)10(11)14-13-9/h2-3,6,12H,4-5H2,1H3,(H,13,14). The summed E-state index contributed by atoms with van der Waals surface area (Å²) in [7, 11) is 1.95. The summed E-state index contributed by atoms with van der Waals surface area (Å²) in [6.45, 7) is 0.973. The van der Waals surface area contributed by atoms with E-state index in [0.29, 0.717) is 5.15 Å². The summed E-state index contributed by atoms with van der Waals surface area (Å²) < 4.78 is 0. The van der Waals surface area contributed by atoms with Crippen molar-refractivity contribution in [2.45, 2.75) is 6.42 Å². The fraction of sp³-hybridized carbons (Fsp3) is 0.300. The van der Waals surface area contributed by atoms with Gasteiger partial charge in [0, 0.05) is 5.39 Å². The van der Waals surface area contributed by atoms with Gasteiger partial charge in [0.25, 0.3) is 0 Å². The molecule has 0 aliphatic carbocycles. The topological polar surface area (TPSA) is 40.7 Å². The third-order valence-electron chi connectivity index (χ3n) is 2.24. The normalized spacial score (nSPS) is 11.0. The quantitative estimate of drug-likeness (QED) is 0.812. The van der Waals surface area contributed by atoms with Gasteiger partial charge < -0.3 is 5.32 Å². The van der Waals surface area contributed by atoms with Gasteiger partial charge in [-0.1, -0.05) is 17.7 Å². The monoisotopic (exact) mass is 209 g/mol. The van der Waals surface area contributed by atoms with E-state index in [1.807, 2.05) is 13.1 Å². The van der Waals surface area contributed by atoms with E-state index in [4.69, 9.17) is 11.6 Å². The molecule has 0 unspecified atom stereocenters. The van der Waals surface area contributed by atoms with Crippen molar-refractivity contribution in [3.05, 3.63) is 28.9 Å². The van der Waals surface area contributed by atoms with Crippen LogP contribution in [0.3, 0.4) is 0 Å². The number of rotatable bonds is 3. The summed E-state index contributed by atoms with van der Waals surface area (Å²) in [5.41, 5.74) is 2.19. The van der Waals surface area contributed by atoms with Crippen LogP contribution < -0.4 is 5.32 Å². The Hall–Kier alpha value is -1.06. The highest BCUT2D eigenvalue weighted by Crippen LogP contribution is 2.21. The fourth-order valence-corrected chi connectivity index (χ4v) is 1.64. The molecule has 1 heterocycles. The van der Waals surface area contributed by atoms with Crippen LogP contribution in [-0.2, 0) is 6.42 Å². The number of nitrogens with zero attached hydrogens (tertiary/aromatic N) is 1. The number of benzene rings is 1. The molecule has 0 aliphatic rings. The summed E-state index contributed by atoms with van der Waals surface area (Å²) in [6.07, 6.45) is 1.01. The first kappa shape index (κ1) is 9.49. The summed E-state index contributed by atoms with van der Waals surface area (Å²) in [5.74, 6) is 0. The van der Waals surface area contributed by atoms with Crippen molar-refractivity contribution in [3.63, 3.8) is 0 Å². The molecule has 74 valence electrons. The van der Waals surface area contributed by atoms with Crippen molar-refractivity contribution in [1.82, 2.24) is 15.5 Å². The lowest BCUT2D eigenvalue weighted by molar-refractivity contribution is 0.792. The van der Waals surface area contributed by atoms with Gasteiger partial charge in [-0.3, -0.25) is 5.10 Å². The molecule has 2 aromatic rings. The molecular weight excluding hydrogens is 198 g/mol. The Bertz CT molecular complexity index is 436. The molecule has 0 saturated heterocycles. The third kappa shape index (κ3) is 1.74. The number of hydrogen-bond acceptors (Lipinski definition) is 2. The maximum atomic E-state index is 5.94. The van der Waals surface area contributed by atoms with E-state index >= 15 is 0 Å². The molecule has 2 rings (SSSR count). The molecule has 0 spiro atoms. The minimum atomic E-state index is 0.617. The minimum Gasteiger partial charge on any atom is -0.319 e. The third-order valence-corrected chi connectivity index (χ3v) is 2.52. The molecule has 1 aromatic heterocycles. The molecular formula is C10H12ClN3. The van der Waals surface area contributed by atoms with E-state index in [2.05, 4.69) is 27.6 Å². The number of fused-ring (bicyclic) bond motifs is 1. The summed E-state index contributed by atoms with van der Waals surface area (Å²) in [5, 5.41) is 11.6. The maximum Gasteiger partial charge on any atom is 0.132 e. The van der Waals surface area contributed by atoms with Crippen molar-refractivity contribution in [3.8, 4) is 0 Å². The smallest absolute Gasteiger partial charge is 0.132 e. The van der Waals surface area contributed by atoms with Crippen molar-refractivity contribution in [2.75, 3.05) is 13.6 Å². The van der Waals surface area contributed by atoms with Crippen LogP contribution in [0.4, 0.5) is 0 Å². The van der Waals surface area contributed by atoms with Gasteiger partial charge in [-0.05, 0) is 37.7 Å². The number of nitrogens with one attached hydrogen (secondary N) is 2. The van der Waals surface area contributed by atoms with E-state index in [0.717, 1.165) is 23.9 Å². The van der Waals surface area contributed by atoms with Crippen molar-refractivity contribution in [1.29, 1.82) is 0 Å². The Morgan fingerprint density at radius 2 is 2.36 bits per heavy atom. The second kappa shape index (κ2) is 3.98. The highest BCUT2D eigenvalue weighted by molar-refractivity contribution is 6.34. The molecule has 0 aliphatic heterocycles. The molecule has 3 nitrogen and oxygen atoms in total. The minimum absolute atomic E-state index is 0.617. The first-order chi connectivity index (χ1) is 6.81. The lowest BCUT2D eigenvalue weighted by atomic mass is 10.1. The van der Waals surface area contributed by atoms with Gasteiger partial charge in [-0.25, -0.2) is 0 Å². The molecule has 14 heavy (non-hydrogen) atoms. The van der Waals surface area contributed by atoms with Crippen molar-refractivity contribution in [2.24, 2.45) is 0 Å². The average molecular weight is 210 g/mol. The Morgan fingerprint density at radius 3 is 3.14 bits per heavy atom. The van der Waals surface area contributed by atoms with Crippen molar-refractivity contribution >= 4 is 22.5 Å². The predicted molar refractivity (Wildman–Crippen MR) is 58.7 cm³/mol. The highest BCUT2D eigenvalue weighted by atomic mass is 35.5. The van der Waals surface area contributed by atoms with Crippen LogP contribution in [0.1, 0.15) is 5.56 Å². The Kier molecular flexibility index (Phi) is 2.70. The molecule has 0 bridgehead atoms. The number of likely N-dealkylation sites (N-methyl/N-ethyl adjacent to an activating group) is 1. The lowest BCUT2D eigenvalue weighted by Crippen LogP contribution is -2.10. The molecule has 0 radical (unpaired) electrons. The fourth-order valence-electron chi connectivity index (χ4n) is 1.45. The molecule has 2 N–H and O–H groups in total. The van der Waals surface area contributed by atoms with Crippen LogP contribution in [-0.4, -0.2) is 23.8 Å². The van der Waals surface area contributed by atoms with Gasteiger partial charge in [-0.15, -0.1) is 0 Å². The second-order valence-electron chi connectivity index (χ2n) is 3.24. The van der Waals surface area contributed by atoms with Gasteiger partial charge in [0.15, 0.2) is 0 Å². The van der Waals surface area contributed by atoms with Crippen LogP contribution in [0.5, 0.6) is 0 Å². The van der Waals surface area contributed by atoms with Gasteiger partial charge in [0.2, 0.25) is 0 Å². The molecule has 0 atom stereocenters. The zero-order chi connectivity index (χ0) is 9.97. The molecule has 0 fully saturated rings. The SMILES string of the molecule is CNCCc1ccc2n[nH]c(Cl)c2c1. The van der Waals surface area contributed by atoms with E-state index in [9.17, 15) is 0 Å². The highest BCUT2D eigenvalue weighted by Gasteiger charge is 2.03. The Balaban J connectivity index is 2.34. The Labute approximate surface area is 87.5 Å². The molecule has 4 heteroatoms. The van der Waals surface area contributed by atoms with E-state index < -0.39 is 0 Å². The van der Waals surface area contributed by atoms with Crippen molar-refractivity contribution < 1.29 is 0 Å². The predicted octanol–water partition coefficient (Wildman–Crippen LogP) is 1.98. The number of halogens is 1. The summed E-state index contributed by atoms with van der Waals surface area (Å²) >= 11 is 5.94. The van der Waals surface area contributed by atoms with Crippen LogP contribution in [0.25, 0.3) is 10.9 Å². The Morgan fingerprint density at radius 1 is 1.50 bits per heavy atom. The number of aromatic nitrogens is 2. The van der Waals surface area contributed by atoms with Gasteiger partial charge >= 0.3 is 0 Å². The largest absolute Gasteiger partial charge is 0.319 e. The number of aromatic amines is 1. The van der Waals surface area contributed by atoms with Crippen LogP contribution in [0.2, 0.25) is 5.15 Å². The number of H-pyrrole nitrogens is 1. The summed E-state index contributed by atoms with van der Waals surface area (Å²) in [6, 6.07) is 6.15. The van der Waals surface area contributed by atoms with E-state index in [-0.39, 0.29) is 0 Å². The van der Waals surface area contributed by atoms with E-state index in [1.54, 1.807) is 0 Å². The van der Waals surface area contributed by atoms with E-state index in [1.165, 1.54) is 5.56 Å². The zero-order valence-electron chi connectivity index (χ0n) is 7.97. The van der Waals surface area contributed by atoms with Gasteiger partial charge in [0.1, 0.15) is 5.15 Å². The molecule has 0 amide bonds. The zero-order valence-corrected chi connectivity index (χ0v) is 8.73. The average Bonchev–Trinajstić information content (AvgIpc) is 2.57. The van der Waals surface area contributed by atoms with Crippen LogP contribution in [0, 0.1) is 0 Å². The van der Waals surface area contributed by atoms with Crippen LogP contribution >= 0.6 is 11.6 Å². The van der Waals surface area contributed by atoms with Gasteiger partial charge in [-0.2, -0.15) is 5.10 Å². The lowest BCUT2D eigenvalue weighted by Gasteiger charge is -2.00.